The van der Waals surface area contributed by atoms with Gasteiger partial charge in [0.1, 0.15) is 11.3 Å². The summed E-state index contributed by atoms with van der Waals surface area (Å²) in [5.41, 5.74) is 1.45. The van der Waals surface area contributed by atoms with E-state index in [1.165, 1.54) is 6.08 Å². The number of benzene rings is 2. The van der Waals surface area contributed by atoms with E-state index in [-0.39, 0.29) is 11.5 Å². The molecule has 0 aliphatic carbocycles. The first-order valence-corrected chi connectivity index (χ1v) is 6.22. The number of ketones is 1. The van der Waals surface area contributed by atoms with Crippen LogP contribution >= 0.6 is 0 Å². The fourth-order valence-corrected chi connectivity index (χ4v) is 1.99. The molecule has 0 amide bonds. The molecule has 0 atom stereocenters. The van der Waals surface area contributed by atoms with Crippen molar-refractivity contribution in [1.29, 1.82) is 0 Å². The lowest BCUT2D eigenvalue weighted by atomic mass is 10.1. The summed E-state index contributed by atoms with van der Waals surface area (Å²) >= 11 is 0. The predicted molar refractivity (Wildman–Crippen MR) is 77.7 cm³/mol. The van der Waals surface area contributed by atoms with Crippen molar-refractivity contribution in [3.63, 3.8) is 0 Å². The molecule has 0 radical (unpaired) electrons. The average molecular weight is 264 g/mol. The average Bonchev–Trinajstić information content (AvgIpc) is 2.89. The number of phenolic OH excluding ortho intramolecular Hbond substituents is 1. The van der Waals surface area contributed by atoms with E-state index in [1.54, 1.807) is 30.3 Å². The lowest BCUT2D eigenvalue weighted by molar-refractivity contribution is 0.102. The number of carbonyl (C=O) groups excluding carboxylic acids is 1. The largest absolute Gasteiger partial charge is 0.508 e. The highest BCUT2D eigenvalue weighted by Gasteiger charge is 2.08. The van der Waals surface area contributed by atoms with Crippen LogP contribution < -0.4 is 0 Å². The van der Waals surface area contributed by atoms with Gasteiger partial charge in [-0.25, -0.2) is 0 Å². The normalized spacial score (nSPS) is 11.2. The smallest absolute Gasteiger partial charge is 0.221 e. The Morgan fingerprint density at radius 2 is 1.90 bits per heavy atom. The number of phenols is 1. The topological polar surface area (TPSA) is 50.4 Å². The van der Waals surface area contributed by atoms with Crippen molar-refractivity contribution in [2.75, 3.05) is 0 Å². The van der Waals surface area contributed by atoms with Gasteiger partial charge in [0.15, 0.2) is 5.76 Å². The number of carbonyl (C=O) groups is 1. The van der Waals surface area contributed by atoms with Gasteiger partial charge in [0.05, 0.1) is 0 Å². The first kappa shape index (κ1) is 12.2. The maximum Gasteiger partial charge on any atom is 0.221 e. The number of fused-ring (bicyclic) bond motifs is 1. The molecule has 2 aromatic carbocycles. The number of allylic oxidation sites excluding steroid dienone is 1. The van der Waals surface area contributed by atoms with Crippen LogP contribution in [-0.2, 0) is 0 Å². The number of hydrogen-bond donors (Lipinski definition) is 1. The summed E-state index contributed by atoms with van der Waals surface area (Å²) in [7, 11) is 0. The van der Waals surface area contributed by atoms with Gasteiger partial charge >= 0.3 is 0 Å². The summed E-state index contributed by atoms with van der Waals surface area (Å²) in [6, 6.07) is 15.9. The maximum absolute atomic E-state index is 12.0. The van der Waals surface area contributed by atoms with E-state index in [4.69, 9.17) is 4.42 Å². The van der Waals surface area contributed by atoms with Crippen LogP contribution in [0, 0.1) is 0 Å². The molecule has 0 saturated carbocycles. The molecule has 0 fully saturated rings. The van der Waals surface area contributed by atoms with Gasteiger partial charge in [-0.15, -0.1) is 0 Å². The van der Waals surface area contributed by atoms with Crippen LogP contribution in [0.25, 0.3) is 17.0 Å². The van der Waals surface area contributed by atoms with Crippen LogP contribution in [0.3, 0.4) is 0 Å². The Labute approximate surface area is 115 Å². The second-order valence-corrected chi connectivity index (χ2v) is 4.44. The molecule has 3 rings (SSSR count). The molecule has 3 heteroatoms. The van der Waals surface area contributed by atoms with E-state index < -0.39 is 0 Å². The van der Waals surface area contributed by atoms with E-state index in [0.717, 1.165) is 10.9 Å². The SMILES string of the molecule is O=C(/C=C/c1cccc(O)c1)c1cc2ccccc2o1. The second kappa shape index (κ2) is 5.05. The van der Waals surface area contributed by atoms with Gasteiger partial charge < -0.3 is 9.52 Å². The summed E-state index contributed by atoms with van der Waals surface area (Å²) in [5.74, 6) is 0.274. The zero-order valence-electron chi connectivity index (χ0n) is 10.6. The second-order valence-electron chi connectivity index (χ2n) is 4.44. The Morgan fingerprint density at radius 3 is 2.70 bits per heavy atom. The Balaban J connectivity index is 1.85. The van der Waals surface area contributed by atoms with Crippen LogP contribution in [0.15, 0.2) is 65.1 Å². The summed E-state index contributed by atoms with van der Waals surface area (Å²) < 4.78 is 5.49. The number of rotatable bonds is 3. The lowest BCUT2D eigenvalue weighted by Gasteiger charge is -1.94. The molecule has 1 aromatic heterocycles. The van der Waals surface area contributed by atoms with Crippen LogP contribution in [0.5, 0.6) is 5.75 Å². The Morgan fingerprint density at radius 1 is 1.05 bits per heavy atom. The van der Waals surface area contributed by atoms with Crippen LogP contribution in [0.1, 0.15) is 16.1 Å². The quantitative estimate of drug-likeness (QED) is 0.574. The standard InChI is InChI=1S/C17H12O3/c18-14-6-3-4-12(10-14)8-9-15(19)17-11-13-5-1-2-7-16(13)20-17/h1-11,18H/b9-8+. The highest BCUT2D eigenvalue weighted by Crippen LogP contribution is 2.20. The molecular formula is C17H12O3. The molecule has 3 nitrogen and oxygen atoms in total. The van der Waals surface area contributed by atoms with Gasteiger partial charge in [0, 0.05) is 5.39 Å². The highest BCUT2D eigenvalue weighted by molar-refractivity contribution is 6.06. The Hall–Kier alpha value is -2.81. The van der Waals surface area contributed by atoms with Crippen molar-refractivity contribution in [1.82, 2.24) is 0 Å². The van der Waals surface area contributed by atoms with E-state index >= 15 is 0 Å². The van der Waals surface area contributed by atoms with Crippen LogP contribution in [0.4, 0.5) is 0 Å². The minimum absolute atomic E-state index is 0.170. The summed E-state index contributed by atoms with van der Waals surface area (Å²) in [5, 5.41) is 10.3. The van der Waals surface area contributed by atoms with Gasteiger partial charge in [-0.1, -0.05) is 36.4 Å². The first-order chi connectivity index (χ1) is 9.72. The van der Waals surface area contributed by atoms with Crippen LogP contribution in [0.2, 0.25) is 0 Å². The molecule has 0 aliphatic rings. The molecular weight excluding hydrogens is 252 g/mol. The number of para-hydroxylation sites is 1. The number of furan rings is 1. The lowest BCUT2D eigenvalue weighted by Crippen LogP contribution is -1.90. The van der Waals surface area contributed by atoms with Crippen molar-refractivity contribution in [3.05, 3.63) is 72.0 Å². The van der Waals surface area contributed by atoms with Gasteiger partial charge in [-0.3, -0.25) is 4.79 Å². The van der Waals surface area contributed by atoms with E-state index in [0.29, 0.717) is 11.3 Å². The van der Waals surface area contributed by atoms with Gasteiger partial charge in [-0.05, 0) is 35.9 Å². The molecule has 0 unspecified atom stereocenters. The van der Waals surface area contributed by atoms with Gasteiger partial charge in [0.2, 0.25) is 5.78 Å². The van der Waals surface area contributed by atoms with Crippen molar-refractivity contribution >= 4 is 22.8 Å². The summed E-state index contributed by atoms with van der Waals surface area (Å²) in [4.78, 5) is 12.0. The molecule has 0 aliphatic heterocycles. The Bertz CT molecular complexity index is 764. The Kier molecular flexibility index (Phi) is 3.09. The fraction of sp³-hybridized carbons (Fsp3) is 0. The van der Waals surface area contributed by atoms with Crippen LogP contribution in [-0.4, -0.2) is 10.9 Å². The summed E-state index contributed by atoms with van der Waals surface area (Å²) in [6.07, 6.45) is 3.09. The highest BCUT2D eigenvalue weighted by atomic mass is 16.3. The molecule has 0 saturated heterocycles. The monoisotopic (exact) mass is 264 g/mol. The van der Waals surface area contributed by atoms with Crippen molar-refractivity contribution in [2.24, 2.45) is 0 Å². The van der Waals surface area contributed by atoms with Gasteiger partial charge in [0.25, 0.3) is 0 Å². The number of hydrogen-bond acceptors (Lipinski definition) is 3. The van der Waals surface area contributed by atoms with Crippen molar-refractivity contribution < 1.29 is 14.3 Å². The number of aromatic hydroxyl groups is 1. The molecule has 1 heterocycles. The summed E-state index contributed by atoms with van der Waals surface area (Å²) in [6.45, 7) is 0. The fourth-order valence-electron chi connectivity index (χ4n) is 1.99. The van der Waals surface area contributed by atoms with E-state index in [2.05, 4.69) is 0 Å². The molecule has 0 spiro atoms. The molecule has 98 valence electrons. The first-order valence-electron chi connectivity index (χ1n) is 6.22. The zero-order chi connectivity index (χ0) is 13.9. The minimum Gasteiger partial charge on any atom is -0.508 e. The van der Waals surface area contributed by atoms with E-state index in [9.17, 15) is 9.90 Å². The maximum atomic E-state index is 12.0. The van der Waals surface area contributed by atoms with E-state index in [1.807, 2.05) is 30.3 Å². The predicted octanol–water partition coefficient (Wildman–Crippen LogP) is 4.03. The molecule has 20 heavy (non-hydrogen) atoms. The van der Waals surface area contributed by atoms with Gasteiger partial charge in [-0.2, -0.15) is 0 Å². The van der Waals surface area contributed by atoms with Crippen molar-refractivity contribution in [3.8, 4) is 5.75 Å². The third-order valence-electron chi connectivity index (χ3n) is 2.97. The molecule has 3 aromatic rings. The van der Waals surface area contributed by atoms with Crippen molar-refractivity contribution in [2.45, 2.75) is 0 Å². The zero-order valence-corrected chi connectivity index (χ0v) is 10.6. The molecule has 0 bridgehead atoms. The third-order valence-corrected chi connectivity index (χ3v) is 2.97. The molecule has 1 N–H and O–H groups in total. The minimum atomic E-state index is -0.204. The third kappa shape index (κ3) is 2.47.